The van der Waals surface area contributed by atoms with Gasteiger partial charge < -0.3 is 10.6 Å². The van der Waals surface area contributed by atoms with Gasteiger partial charge in [-0.05, 0) is 113 Å². The van der Waals surface area contributed by atoms with Gasteiger partial charge in [0.05, 0.1) is 0 Å². The molecular weight excluding hydrogens is 363 g/mol. The second kappa shape index (κ2) is 9.33. The Balaban J connectivity index is 0.000000980. The maximum absolute atomic E-state index is 3.98. The Hall–Kier alpha value is 0.500. The van der Waals surface area contributed by atoms with Gasteiger partial charge in [-0.1, -0.05) is 12.8 Å². The Morgan fingerprint density at radius 2 is 0.923 bits per heavy atom. The van der Waals surface area contributed by atoms with E-state index in [2.05, 4.69) is 10.6 Å². The van der Waals surface area contributed by atoms with Crippen molar-refractivity contribution in [1.82, 2.24) is 10.6 Å². The first-order valence-electron chi connectivity index (χ1n) is 11.3. The van der Waals surface area contributed by atoms with Gasteiger partial charge in [0.1, 0.15) is 0 Å². The second-order valence-electron chi connectivity index (χ2n) is 10.3. The van der Waals surface area contributed by atoms with Gasteiger partial charge in [-0.15, -0.1) is 24.8 Å². The smallest absolute Gasteiger partial charge is 0.00981 e. The number of fused-ring (bicyclic) bond motifs is 4. The fourth-order valence-electron chi connectivity index (χ4n) is 7.27. The predicted octanol–water partition coefficient (Wildman–Crippen LogP) is 5.19. The molecule has 5 aliphatic carbocycles. The highest BCUT2D eigenvalue weighted by Gasteiger charge is 2.40. The minimum absolute atomic E-state index is 0. The monoisotopic (exact) mass is 402 g/mol. The molecule has 6 unspecified atom stereocenters. The molecule has 2 N–H and O–H groups in total. The molecule has 0 heterocycles. The summed E-state index contributed by atoms with van der Waals surface area (Å²) in [7, 11) is 0. The molecule has 5 aliphatic rings. The van der Waals surface area contributed by atoms with E-state index in [-0.39, 0.29) is 24.8 Å². The van der Waals surface area contributed by atoms with Crippen molar-refractivity contribution in [2.24, 2.45) is 35.5 Å². The topological polar surface area (TPSA) is 24.1 Å². The van der Waals surface area contributed by atoms with Gasteiger partial charge in [0.15, 0.2) is 0 Å². The lowest BCUT2D eigenvalue weighted by Crippen LogP contribution is -2.40. The zero-order chi connectivity index (χ0) is 15.9. The second-order valence-corrected chi connectivity index (χ2v) is 10.3. The van der Waals surface area contributed by atoms with Crippen molar-refractivity contribution < 1.29 is 0 Å². The lowest BCUT2D eigenvalue weighted by atomic mass is 9.81. The van der Waals surface area contributed by atoms with Crippen LogP contribution in [-0.4, -0.2) is 25.2 Å². The Bertz CT molecular complexity index is 398. The van der Waals surface area contributed by atoms with Crippen LogP contribution in [0.1, 0.15) is 77.0 Å². The third-order valence-electron chi connectivity index (χ3n) is 8.78. The van der Waals surface area contributed by atoms with E-state index in [9.17, 15) is 0 Å². The molecule has 2 nitrogen and oxygen atoms in total. The van der Waals surface area contributed by atoms with Crippen LogP contribution in [0.25, 0.3) is 0 Å². The average Bonchev–Trinajstić information content (AvgIpc) is 3.39. The molecule has 4 heteroatoms. The fourth-order valence-corrected chi connectivity index (χ4v) is 7.27. The van der Waals surface area contributed by atoms with Crippen LogP contribution in [0.4, 0.5) is 0 Å². The molecule has 0 saturated heterocycles. The molecule has 0 aromatic heterocycles. The quantitative estimate of drug-likeness (QED) is 0.638. The lowest BCUT2D eigenvalue weighted by Gasteiger charge is -2.32. The minimum atomic E-state index is 0. The normalized spacial score (nSPS) is 46.2. The Kier molecular flexibility index (Phi) is 7.61. The molecular formula is C22H40Cl2N2. The van der Waals surface area contributed by atoms with Gasteiger partial charge in [0.2, 0.25) is 0 Å². The summed E-state index contributed by atoms with van der Waals surface area (Å²) in [5, 5.41) is 7.95. The zero-order valence-electron chi connectivity index (χ0n) is 16.3. The van der Waals surface area contributed by atoms with Crippen LogP contribution in [0.3, 0.4) is 0 Å². The molecule has 0 amide bonds. The van der Waals surface area contributed by atoms with Crippen molar-refractivity contribution in [3.63, 3.8) is 0 Å². The molecule has 26 heavy (non-hydrogen) atoms. The van der Waals surface area contributed by atoms with Crippen LogP contribution in [0, 0.1) is 35.5 Å². The number of rotatable bonds is 6. The summed E-state index contributed by atoms with van der Waals surface area (Å²) < 4.78 is 0. The van der Waals surface area contributed by atoms with Crippen molar-refractivity contribution in [2.75, 3.05) is 13.1 Å². The van der Waals surface area contributed by atoms with E-state index in [0.29, 0.717) is 0 Å². The Morgan fingerprint density at radius 1 is 0.500 bits per heavy atom. The Labute approximate surface area is 173 Å². The minimum Gasteiger partial charge on any atom is -0.313 e. The van der Waals surface area contributed by atoms with E-state index in [0.717, 1.165) is 47.6 Å². The summed E-state index contributed by atoms with van der Waals surface area (Å²) in [6, 6.07) is 1.78. The first-order chi connectivity index (χ1) is 11.8. The predicted molar refractivity (Wildman–Crippen MR) is 114 cm³/mol. The van der Waals surface area contributed by atoms with Crippen LogP contribution in [0.15, 0.2) is 0 Å². The highest BCUT2D eigenvalue weighted by Crippen LogP contribution is 2.45. The number of nitrogens with one attached hydrogen (secondary N) is 2. The molecule has 152 valence electrons. The third kappa shape index (κ3) is 4.56. The van der Waals surface area contributed by atoms with Gasteiger partial charge in [-0.25, -0.2) is 0 Å². The molecule has 4 bridgehead atoms. The summed E-state index contributed by atoms with van der Waals surface area (Å²) >= 11 is 0. The van der Waals surface area contributed by atoms with Crippen molar-refractivity contribution in [3.05, 3.63) is 0 Å². The largest absolute Gasteiger partial charge is 0.313 e. The van der Waals surface area contributed by atoms with E-state index in [1.807, 2.05) is 0 Å². The molecule has 6 atom stereocenters. The maximum atomic E-state index is 3.98. The molecule has 5 rings (SSSR count). The lowest BCUT2D eigenvalue weighted by molar-refractivity contribution is 0.231. The van der Waals surface area contributed by atoms with Crippen molar-refractivity contribution in [3.8, 4) is 0 Å². The number of hydrogen-bond donors (Lipinski definition) is 2. The number of hydrogen-bond acceptors (Lipinski definition) is 2. The van der Waals surface area contributed by atoms with E-state index in [1.54, 1.807) is 12.8 Å². The van der Waals surface area contributed by atoms with Crippen LogP contribution < -0.4 is 10.6 Å². The van der Waals surface area contributed by atoms with Crippen LogP contribution in [0.2, 0.25) is 0 Å². The van der Waals surface area contributed by atoms with Crippen molar-refractivity contribution >= 4 is 24.8 Å². The van der Waals surface area contributed by atoms with Crippen LogP contribution >= 0.6 is 24.8 Å². The number of halogens is 2. The molecule has 0 aromatic rings. The highest BCUT2D eigenvalue weighted by molar-refractivity contribution is 5.85. The first-order valence-corrected chi connectivity index (χ1v) is 11.3. The van der Waals surface area contributed by atoms with Gasteiger partial charge in [0.25, 0.3) is 0 Å². The first kappa shape index (κ1) is 21.2. The fraction of sp³-hybridized carbons (Fsp3) is 1.00. The molecule has 0 aromatic carbocycles. The van der Waals surface area contributed by atoms with E-state index < -0.39 is 0 Å². The molecule has 5 saturated carbocycles. The van der Waals surface area contributed by atoms with Crippen LogP contribution in [-0.2, 0) is 0 Å². The summed E-state index contributed by atoms with van der Waals surface area (Å²) in [4.78, 5) is 0. The van der Waals surface area contributed by atoms with E-state index >= 15 is 0 Å². The average molecular weight is 403 g/mol. The van der Waals surface area contributed by atoms with Gasteiger partial charge in [-0.3, -0.25) is 0 Å². The third-order valence-corrected chi connectivity index (χ3v) is 8.78. The van der Waals surface area contributed by atoms with Gasteiger partial charge in [0, 0.05) is 12.1 Å². The summed E-state index contributed by atoms with van der Waals surface area (Å²) in [6.07, 6.45) is 18.1. The molecule has 5 fully saturated rings. The van der Waals surface area contributed by atoms with E-state index in [4.69, 9.17) is 0 Å². The summed E-state index contributed by atoms with van der Waals surface area (Å²) in [5.74, 6) is 6.20. The summed E-state index contributed by atoms with van der Waals surface area (Å²) in [6.45, 7) is 2.64. The van der Waals surface area contributed by atoms with Crippen molar-refractivity contribution in [1.29, 1.82) is 0 Å². The van der Waals surface area contributed by atoms with Crippen molar-refractivity contribution in [2.45, 2.75) is 89.1 Å². The highest BCUT2D eigenvalue weighted by atomic mass is 35.5. The van der Waals surface area contributed by atoms with Crippen LogP contribution in [0.5, 0.6) is 0 Å². The Morgan fingerprint density at radius 3 is 1.23 bits per heavy atom. The van der Waals surface area contributed by atoms with E-state index in [1.165, 1.54) is 77.3 Å². The maximum Gasteiger partial charge on any atom is 0.00981 e. The zero-order valence-corrected chi connectivity index (χ0v) is 18.0. The SMILES string of the molecule is C1CC(CNC2CC3CCC2C3)CCC1CNC1CC2CCC1C2.Cl.Cl. The standard InChI is InChI=1S/C22H38N2.2ClH/c1-2-16(14-24-22-12-18-6-8-20(22)10-18)4-3-15(1)13-23-21-11-17-5-7-19(21)9-17;;/h15-24H,1-14H2;2*1H. The molecule has 0 radical (unpaired) electrons. The van der Waals surface area contributed by atoms with Gasteiger partial charge in [-0.2, -0.15) is 0 Å². The van der Waals surface area contributed by atoms with Gasteiger partial charge >= 0.3 is 0 Å². The molecule has 0 aliphatic heterocycles. The summed E-state index contributed by atoms with van der Waals surface area (Å²) in [5.41, 5.74) is 0. The molecule has 0 spiro atoms.